The third-order valence-electron chi connectivity index (χ3n) is 6.02. The smallest absolute Gasteiger partial charge is 0.251 e. The maximum Gasteiger partial charge on any atom is 0.251 e. The predicted octanol–water partition coefficient (Wildman–Crippen LogP) is 6.13. The Morgan fingerprint density at radius 2 is 1.72 bits per heavy atom. The highest BCUT2D eigenvalue weighted by atomic mass is 16.3. The van der Waals surface area contributed by atoms with Crippen LogP contribution in [0.1, 0.15) is 65.4 Å². The second kappa shape index (κ2) is 15.2. The molecule has 0 saturated heterocycles. The first-order chi connectivity index (χ1) is 18.5. The Kier molecular flexibility index (Phi) is 12.0. The number of phenols is 2. The Morgan fingerprint density at radius 1 is 1.00 bits per heavy atom. The van der Waals surface area contributed by atoms with Crippen LogP contribution in [0, 0.1) is 5.92 Å². The summed E-state index contributed by atoms with van der Waals surface area (Å²) in [6, 6.07) is 2.61. The molecule has 0 spiro atoms. The molecule has 0 heterocycles. The molecular weight excluding hydrogens is 496 g/mol. The van der Waals surface area contributed by atoms with Gasteiger partial charge in [-0.25, -0.2) is 0 Å². The number of benzene rings is 1. The van der Waals surface area contributed by atoms with Gasteiger partial charge in [0, 0.05) is 36.1 Å². The van der Waals surface area contributed by atoms with Crippen molar-refractivity contribution in [3.8, 4) is 11.5 Å². The van der Waals surface area contributed by atoms with E-state index in [2.05, 4.69) is 30.6 Å². The Labute approximate surface area is 229 Å². The summed E-state index contributed by atoms with van der Waals surface area (Å²) in [5.41, 5.74) is 1.93. The third kappa shape index (κ3) is 10.2. The summed E-state index contributed by atoms with van der Waals surface area (Å²) in [5, 5.41) is 35.1. The van der Waals surface area contributed by atoms with E-state index in [0.717, 1.165) is 30.9 Å². The highest BCUT2D eigenvalue weighted by Gasteiger charge is 2.23. The largest absolute Gasteiger partial charge is 0.510 e. The molecule has 5 N–H and O–H groups in total. The molecule has 1 aromatic rings. The van der Waals surface area contributed by atoms with Crippen LogP contribution < -0.4 is 10.6 Å². The lowest BCUT2D eigenvalue weighted by atomic mass is 10.0. The summed E-state index contributed by atoms with van der Waals surface area (Å²) < 4.78 is 0. The first-order valence-electron chi connectivity index (χ1n) is 13.0. The molecule has 8 heteroatoms. The minimum Gasteiger partial charge on any atom is -0.510 e. The molecular formula is C31H38N2O6. The van der Waals surface area contributed by atoms with Crippen LogP contribution in [-0.4, -0.2) is 32.9 Å². The number of carbonyl (C=O) groups excluding carboxylic acids is 3. The van der Waals surface area contributed by atoms with Crippen LogP contribution in [0.2, 0.25) is 0 Å². The van der Waals surface area contributed by atoms with Gasteiger partial charge in [-0.1, -0.05) is 74.8 Å². The summed E-state index contributed by atoms with van der Waals surface area (Å²) in [4.78, 5) is 36.2. The van der Waals surface area contributed by atoms with E-state index in [1.165, 1.54) is 18.2 Å². The number of Topliss-reactive ketones (excluding diaryl/α,β-unsaturated/α-hetero) is 1. The lowest BCUT2D eigenvalue weighted by molar-refractivity contribution is -0.119. The number of allylic oxidation sites excluding steroid dienone is 9. The van der Waals surface area contributed by atoms with Gasteiger partial charge in [0.1, 0.15) is 23.0 Å². The van der Waals surface area contributed by atoms with Crippen molar-refractivity contribution >= 4 is 29.4 Å². The van der Waals surface area contributed by atoms with Gasteiger partial charge in [0.15, 0.2) is 5.78 Å². The minimum absolute atomic E-state index is 0.0616. The highest BCUT2D eigenvalue weighted by Crippen LogP contribution is 2.32. The number of phenolic OH excluding ortho intramolecular Hbond substituents is 2. The van der Waals surface area contributed by atoms with Gasteiger partial charge in [0.05, 0.1) is 5.69 Å². The van der Waals surface area contributed by atoms with E-state index in [9.17, 15) is 29.7 Å². The molecule has 0 aromatic heterocycles. The van der Waals surface area contributed by atoms with Gasteiger partial charge in [-0.3, -0.25) is 14.4 Å². The number of hydrogen-bond acceptors (Lipinski definition) is 6. The van der Waals surface area contributed by atoms with Gasteiger partial charge in [-0.2, -0.15) is 0 Å². The number of amides is 2. The molecule has 0 radical (unpaired) electrons. The Balaban J connectivity index is 2.01. The van der Waals surface area contributed by atoms with Crippen molar-refractivity contribution in [3.63, 3.8) is 0 Å². The van der Waals surface area contributed by atoms with Gasteiger partial charge in [-0.15, -0.1) is 0 Å². The Morgan fingerprint density at radius 3 is 2.38 bits per heavy atom. The fourth-order valence-corrected chi connectivity index (χ4v) is 3.94. The van der Waals surface area contributed by atoms with Gasteiger partial charge in [0.25, 0.3) is 5.91 Å². The molecule has 0 saturated carbocycles. The fraction of sp³-hybridized carbons (Fsp3) is 0.323. The van der Waals surface area contributed by atoms with Crippen molar-refractivity contribution in [3.05, 3.63) is 82.8 Å². The number of rotatable bonds is 12. The molecule has 0 fully saturated rings. The molecule has 208 valence electrons. The van der Waals surface area contributed by atoms with Crippen molar-refractivity contribution in [2.24, 2.45) is 5.92 Å². The number of unbranched alkanes of at least 4 members (excludes halogenated alkanes) is 1. The summed E-state index contributed by atoms with van der Waals surface area (Å²) in [6.07, 6.45) is 16.8. The zero-order valence-corrected chi connectivity index (χ0v) is 23.0. The Bertz CT molecular complexity index is 1260. The number of ketones is 1. The number of aromatic hydroxyl groups is 2. The summed E-state index contributed by atoms with van der Waals surface area (Å²) in [6.45, 7) is 7.96. The molecule has 8 nitrogen and oxygen atoms in total. The fourth-order valence-electron chi connectivity index (χ4n) is 3.94. The van der Waals surface area contributed by atoms with Crippen LogP contribution in [0.3, 0.4) is 0 Å². The van der Waals surface area contributed by atoms with Gasteiger partial charge >= 0.3 is 0 Å². The van der Waals surface area contributed by atoms with Crippen molar-refractivity contribution in [1.82, 2.24) is 5.32 Å². The second-order valence-electron chi connectivity index (χ2n) is 9.58. The normalized spacial score (nSPS) is 15.6. The van der Waals surface area contributed by atoms with Gasteiger partial charge in [-0.05, 0) is 32.3 Å². The topological polar surface area (TPSA) is 136 Å². The van der Waals surface area contributed by atoms with Crippen LogP contribution >= 0.6 is 0 Å². The number of aliphatic hydroxyl groups is 1. The monoisotopic (exact) mass is 534 g/mol. The zero-order valence-electron chi connectivity index (χ0n) is 23.0. The number of nitrogens with one attached hydrogen (secondary N) is 2. The van der Waals surface area contributed by atoms with Crippen LogP contribution in [0.25, 0.3) is 6.08 Å². The SMILES string of the molecule is CCCC[C@@H](C)/C=C(C)/C=C(\C)C(=O)Nc1cc(/C=C/C=C/C=C/C(=O)NC2=C(O)CCC2=O)c(O)cc1O. The molecule has 1 aliphatic carbocycles. The molecule has 0 bridgehead atoms. The average Bonchev–Trinajstić information content (AvgIpc) is 3.18. The third-order valence-corrected chi connectivity index (χ3v) is 6.02. The standard InChI is InChI=1S/C31H38N2O6/c1-5-6-11-20(2)16-21(3)17-22(4)31(39)32-24-18-23(27(36)19-28(24)37)12-9-7-8-10-13-29(38)33-30-25(34)14-15-26(30)35/h7-10,12-13,16-20,34,36-37H,5-6,11,14-15H2,1-4H3,(H,32,39)(H,33,38)/b8-7+,12-9+,13-10+,21-16+,22-17+/t20-/m1/s1. The van der Waals surface area contributed by atoms with E-state index in [0.29, 0.717) is 17.1 Å². The van der Waals surface area contributed by atoms with Gasteiger partial charge < -0.3 is 26.0 Å². The number of carbonyl (C=O) groups is 3. The molecule has 1 atom stereocenters. The van der Waals surface area contributed by atoms with Crippen LogP contribution in [0.4, 0.5) is 5.69 Å². The van der Waals surface area contributed by atoms with Crippen molar-refractivity contribution in [1.29, 1.82) is 0 Å². The van der Waals surface area contributed by atoms with Gasteiger partial charge in [0.2, 0.25) is 5.91 Å². The van der Waals surface area contributed by atoms with Crippen LogP contribution in [0.5, 0.6) is 11.5 Å². The molecule has 39 heavy (non-hydrogen) atoms. The van der Waals surface area contributed by atoms with E-state index >= 15 is 0 Å². The average molecular weight is 535 g/mol. The lowest BCUT2D eigenvalue weighted by Gasteiger charge is -2.11. The van der Waals surface area contributed by atoms with E-state index in [4.69, 9.17) is 0 Å². The lowest BCUT2D eigenvalue weighted by Crippen LogP contribution is -2.24. The molecule has 0 unspecified atom stereocenters. The molecule has 2 amide bonds. The summed E-state index contributed by atoms with van der Waals surface area (Å²) in [7, 11) is 0. The molecule has 1 aliphatic rings. The molecule has 1 aromatic carbocycles. The van der Waals surface area contributed by atoms with Crippen molar-refractivity contribution < 1.29 is 29.7 Å². The number of aliphatic hydroxyl groups excluding tert-OH is 1. The quantitative estimate of drug-likeness (QED) is 0.0947. The maximum absolute atomic E-state index is 12.7. The van der Waals surface area contributed by atoms with Crippen LogP contribution in [0.15, 0.2) is 77.3 Å². The second-order valence-corrected chi connectivity index (χ2v) is 9.58. The minimum atomic E-state index is -0.543. The first kappa shape index (κ1) is 30.9. The van der Waals surface area contributed by atoms with E-state index in [-0.39, 0.29) is 53.2 Å². The number of hydrogen-bond donors (Lipinski definition) is 5. The summed E-state index contributed by atoms with van der Waals surface area (Å²) >= 11 is 0. The summed E-state index contributed by atoms with van der Waals surface area (Å²) in [5.74, 6) is -1.35. The first-order valence-corrected chi connectivity index (χ1v) is 13.0. The van der Waals surface area contributed by atoms with Crippen LogP contribution in [-0.2, 0) is 14.4 Å². The van der Waals surface area contributed by atoms with E-state index in [1.54, 1.807) is 37.3 Å². The van der Waals surface area contributed by atoms with Crippen molar-refractivity contribution in [2.75, 3.05) is 5.32 Å². The van der Waals surface area contributed by atoms with E-state index in [1.807, 2.05) is 6.92 Å². The number of anilines is 1. The van der Waals surface area contributed by atoms with Crippen molar-refractivity contribution in [2.45, 2.75) is 59.8 Å². The van der Waals surface area contributed by atoms with E-state index < -0.39 is 5.91 Å². The molecule has 0 aliphatic heterocycles. The maximum atomic E-state index is 12.7. The Hall–Kier alpha value is -4.33. The molecule has 2 rings (SSSR count). The zero-order chi connectivity index (χ0) is 28.9. The predicted molar refractivity (Wildman–Crippen MR) is 154 cm³/mol. The highest BCUT2D eigenvalue weighted by molar-refractivity contribution is 6.05.